The first-order chi connectivity index (χ1) is 20.1. The molecule has 1 fully saturated rings. The molecule has 2 amide bonds. The number of fused-ring (bicyclic) bond motifs is 1. The van der Waals surface area contributed by atoms with Crippen molar-refractivity contribution in [2.24, 2.45) is 0 Å². The number of aromatic nitrogens is 2. The Labute approximate surface area is 239 Å². The molecule has 1 saturated heterocycles. The number of likely N-dealkylation sites (tertiary alicyclic amines) is 1. The molecule has 3 aromatic rings. The number of benzene rings is 2. The molecular formula is C28H29F3N6O5. The largest absolute Gasteiger partial charge is 0.495 e. The molecule has 0 bridgehead atoms. The fourth-order valence-corrected chi connectivity index (χ4v) is 4.95. The molecule has 0 spiro atoms. The lowest BCUT2D eigenvalue weighted by molar-refractivity contribution is -0.139. The van der Waals surface area contributed by atoms with Gasteiger partial charge in [-0.2, -0.15) is 18.2 Å². The lowest BCUT2D eigenvalue weighted by atomic mass is 10.1. The van der Waals surface area contributed by atoms with E-state index in [2.05, 4.69) is 25.5 Å². The summed E-state index contributed by atoms with van der Waals surface area (Å²) in [7, 11) is 4.72. The fraction of sp³-hybridized carbons (Fsp3) is 0.357. The van der Waals surface area contributed by atoms with Crippen molar-refractivity contribution in [3.05, 3.63) is 64.8 Å². The first kappa shape index (κ1) is 29.1. The highest BCUT2D eigenvalue weighted by Gasteiger charge is 2.38. The number of anilines is 2. The van der Waals surface area contributed by atoms with E-state index in [0.717, 1.165) is 31.0 Å². The molecule has 2 N–H and O–H groups in total. The third-order valence-electron chi connectivity index (χ3n) is 7.02. The summed E-state index contributed by atoms with van der Waals surface area (Å²) in [5.41, 5.74) is 0.0482. The van der Waals surface area contributed by atoms with Crippen molar-refractivity contribution in [2.45, 2.75) is 31.6 Å². The number of amides is 2. The second-order valence-electron chi connectivity index (χ2n) is 9.94. The molecule has 42 heavy (non-hydrogen) atoms. The van der Waals surface area contributed by atoms with Crippen LogP contribution >= 0.6 is 0 Å². The molecule has 2 aliphatic rings. The van der Waals surface area contributed by atoms with Crippen molar-refractivity contribution < 1.29 is 37.1 Å². The number of hydroxylamine groups is 2. The average molecular weight is 587 g/mol. The van der Waals surface area contributed by atoms with E-state index in [0.29, 0.717) is 23.0 Å². The fourth-order valence-electron chi connectivity index (χ4n) is 4.95. The summed E-state index contributed by atoms with van der Waals surface area (Å²) in [4.78, 5) is 40.6. The predicted molar refractivity (Wildman–Crippen MR) is 145 cm³/mol. The van der Waals surface area contributed by atoms with E-state index in [1.165, 1.54) is 26.4 Å². The predicted octanol–water partition coefficient (Wildman–Crippen LogP) is 4.38. The van der Waals surface area contributed by atoms with Crippen molar-refractivity contribution >= 4 is 23.5 Å². The Balaban J connectivity index is 1.40. The minimum atomic E-state index is -4.84. The van der Waals surface area contributed by atoms with E-state index >= 15 is 0 Å². The number of nitrogens with zero attached hydrogens (tertiary/aromatic N) is 4. The smallest absolute Gasteiger partial charge is 0.423 e. The van der Waals surface area contributed by atoms with Gasteiger partial charge in [0.05, 0.1) is 32.0 Å². The maximum absolute atomic E-state index is 13.9. The molecule has 11 nitrogen and oxygen atoms in total. The molecule has 2 aromatic carbocycles. The van der Waals surface area contributed by atoms with E-state index in [-0.39, 0.29) is 41.5 Å². The monoisotopic (exact) mass is 586 g/mol. The topological polar surface area (TPSA) is 118 Å². The quantitative estimate of drug-likeness (QED) is 0.397. The number of piperidine rings is 1. The Hall–Kier alpha value is -4.43. The number of carbonyl (C=O) groups is 2. The lowest BCUT2D eigenvalue weighted by Gasteiger charge is -2.30. The van der Waals surface area contributed by atoms with Crippen LogP contribution in [0.15, 0.2) is 42.6 Å². The number of rotatable bonds is 8. The van der Waals surface area contributed by atoms with Gasteiger partial charge in [-0.25, -0.2) is 10.0 Å². The molecule has 0 saturated carbocycles. The summed E-state index contributed by atoms with van der Waals surface area (Å²) in [6.45, 7) is 1.86. The zero-order chi connectivity index (χ0) is 30.0. The molecule has 14 heteroatoms. The van der Waals surface area contributed by atoms with E-state index in [1.54, 1.807) is 24.3 Å². The number of methoxy groups -OCH3 is 1. The van der Waals surface area contributed by atoms with E-state index < -0.39 is 23.5 Å². The van der Waals surface area contributed by atoms with Gasteiger partial charge < -0.3 is 25.0 Å². The number of likely N-dealkylation sites (N-methyl/N-ethyl adjacent to an activating group) is 1. The number of hydrogen-bond acceptors (Lipinski definition) is 9. The number of carbonyl (C=O) groups excluding carboxylic acids is 2. The number of hydrogen-bond donors (Lipinski definition) is 2. The van der Waals surface area contributed by atoms with Crippen molar-refractivity contribution in [1.29, 1.82) is 0 Å². The molecule has 0 aliphatic carbocycles. The molecule has 222 valence electrons. The number of halogens is 3. The molecule has 1 aromatic heterocycles. The number of alkyl halides is 3. The highest BCUT2D eigenvalue weighted by atomic mass is 19.4. The maximum atomic E-state index is 13.9. The second kappa shape index (κ2) is 11.8. The third-order valence-corrected chi connectivity index (χ3v) is 7.02. The molecule has 3 heterocycles. The minimum absolute atomic E-state index is 0.0257. The summed E-state index contributed by atoms with van der Waals surface area (Å²) >= 11 is 0. The van der Waals surface area contributed by atoms with E-state index in [9.17, 15) is 22.8 Å². The summed E-state index contributed by atoms with van der Waals surface area (Å²) in [6.07, 6.45) is -2.38. The summed E-state index contributed by atoms with van der Waals surface area (Å²) in [6, 6.07) is 9.25. The molecule has 1 unspecified atom stereocenters. The zero-order valence-electron chi connectivity index (χ0n) is 23.1. The first-order valence-electron chi connectivity index (χ1n) is 13.1. The molecule has 5 rings (SSSR count). The van der Waals surface area contributed by atoms with Crippen LogP contribution in [0.3, 0.4) is 0 Å². The van der Waals surface area contributed by atoms with Crippen molar-refractivity contribution in [2.75, 3.05) is 39.7 Å². The van der Waals surface area contributed by atoms with Gasteiger partial charge in [0, 0.05) is 24.3 Å². The van der Waals surface area contributed by atoms with Gasteiger partial charge in [0.15, 0.2) is 0 Å². The Kier molecular flexibility index (Phi) is 8.18. The van der Waals surface area contributed by atoms with E-state index in [4.69, 9.17) is 14.3 Å². The van der Waals surface area contributed by atoms with Crippen LogP contribution in [-0.2, 0) is 17.6 Å². The summed E-state index contributed by atoms with van der Waals surface area (Å²) in [5.74, 6) is -1.70. The van der Waals surface area contributed by atoms with Crippen LogP contribution in [0.5, 0.6) is 17.4 Å². The van der Waals surface area contributed by atoms with Crippen LogP contribution < -0.4 is 20.1 Å². The number of ether oxygens (including phenoxy) is 2. The lowest BCUT2D eigenvalue weighted by Crippen LogP contribution is -2.46. The van der Waals surface area contributed by atoms with Crippen molar-refractivity contribution in [3.8, 4) is 17.4 Å². The average Bonchev–Trinajstić information content (AvgIpc) is 3.29. The van der Waals surface area contributed by atoms with Crippen LogP contribution in [-0.4, -0.2) is 72.1 Å². The van der Waals surface area contributed by atoms with Gasteiger partial charge in [-0.1, -0.05) is 12.1 Å². The highest BCUT2D eigenvalue weighted by Crippen LogP contribution is 2.40. The molecular weight excluding hydrogens is 557 g/mol. The zero-order valence-corrected chi connectivity index (χ0v) is 23.1. The van der Waals surface area contributed by atoms with Crippen LogP contribution in [0.2, 0.25) is 0 Å². The minimum Gasteiger partial charge on any atom is -0.495 e. The number of nitrogens with one attached hydrogen (secondary N) is 2. The van der Waals surface area contributed by atoms with Crippen LogP contribution in [0.4, 0.5) is 24.8 Å². The van der Waals surface area contributed by atoms with Crippen LogP contribution in [0.25, 0.3) is 0 Å². The molecule has 0 radical (unpaired) electrons. The van der Waals surface area contributed by atoms with Gasteiger partial charge >= 0.3 is 6.18 Å². The van der Waals surface area contributed by atoms with Crippen molar-refractivity contribution in [3.63, 3.8) is 0 Å². The Morgan fingerprint density at radius 1 is 1.14 bits per heavy atom. The summed E-state index contributed by atoms with van der Waals surface area (Å²) in [5, 5.41) is 6.92. The molecule has 2 aliphatic heterocycles. The van der Waals surface area contributed by atoms with Gasteiger partial charge in [0.2, 0.25) is 11.8 Å². The van der Waals surface area contributed by atoms with Gasteiger partial charge in [-0.3, -0.25) is 14.4 Å². The van der Waals surface area contributed by atoms with Crippen LogP contribution in [0, 0.1) is 0 Å². The molecule has 1 atom stereocenters. The van der Waals surface area contributed by atoms with Gasteiger partial charge in [0.25, 0.3) is 11.8 Å². The maximum Gasteiger partial charge on any atom is 0.423 e. The summed E-state index contributed by atoms with van der Waals surface area (Å²) < 4.78 is 52.6. The normalized spacial score (nSPS) is 17.1. The Morgan fingerprint density at radius 2 is 1.95 bits per heavy atom. The first-order valence-corrected chi connectivity index (χ1v) is 13.1. The van der Waals surface area contributed by atoms with Crippen molar-refractivity contribution in [1.82, 2.24) is 25.2 Å². The van der Waals surface area contributed by atoms with Gasteiger partial charge in [0.1, 0.15) is 17.1 Å². The SMILES string of the molecule is COc1cc(C(=O)NC2CCCN(C)C2)ccc1Nc1ncc(C(F)(F)F)c(Oc2cccc3c2C(=O)N(OC)C3)n1. The standard InChI is InChI=1S/C28H29F3N6O5/c1-36-11-5-7-18(15-36)33-24(38)16-9-10-20(22(12-16)40-2)34-27-32-13-19(28(29,30)31)25(35-27)42-21-8-4-6-17-14-37(41-3)26(39)23(17)21/h4,6,8-10,12-13,18H,5,7,11,14-15H2,1-3H3,(H,33,38)(H,32,34,35). The van der Waals surface area contributed by atoms with Gasteiger partial charge in [-0.05, 0) is 56.3 Å². The highest BCUT2D eigenvalue weighted by molar-refractivity contribution is 6.00. The second-order valence-corrected chi connectivity index (χ2v) is 9.94. The van der Waals surface area contributed by atoms with Gasteiger partial charge in [-0.15, -0.1) is 0 Å². The Morgan fingerprint density at radius 3 is 2.67 bits per heavy atom. The third kappa shape index (κ3) is 6.09. The van der Waals surface area contributed by atoms with Crippen LogP contribution in [0.1, 0.15) is 44.7 Å². The Bertz CT molecular complexity index is 1500. The van der Waals surface area contributed by atoms with E-state index in [1.807, 2.05) is 7.05 Å².